The van der Waals surface area contributed by atoms with Crippen LogP contribution in [0, 0.1) is 36.0 Å². The van der Waals surface area contributed by atoms with Crippen molar-refractivity contribution in [3.8, 4) is 28.3 Å². The first kappa shape index (κ1) is 29.1. The van der Waals surface area contributed by atoms with Gasteiger partial charge in [-0.1, -0.05) is 23.7 Å². The molecule has 0 aliphatic carbocycles. The second-order valence-corrected chi connectivity index (χ2v) is 11.0. The monoisotopic (exact) mass is 621 g/mol. The van der Waals surface area contributed by atoms with Crippen molar-refractivity contribution in [1.29, 1.82) is 0 Å². The maximum Gasteiger partial charge on any atom is 0.339 e. The van der Waals surface area contributed by atoms with Gasteiger partial charge in [-0.25, -0.2) is 13.2 Å². The van der Waals surface area contributed by atoms with Crippen molar-refractivity contribution in [2.45, 2.75) is 11.8 Å². The van der Waals surface area contributed by atoms with Crippen molar-refractivity contribution < 1.29 is 39.3 Å². The molecule has 1 aromatic heterocycles. The average molecular weight is 622 g/mol. The predicted molar refractivity (Wildman–Crippen MR) is 145 cm³/mol. The van der Waals surface area contributed by atoms with Crippen molar-refractivity contribution in [3.05, 3.63) is 117 Å². The Morgan fingerprint density at radius 2 is 1.38 bits per heavy atom. The number of aryl methyl sites for hydroxylation is 1. The predicted octanol–water partition coefficient (Wildman–Crippen LogP) is 7.09. The molecule has 0 N–H and O–H groups in total. The lowest BCUT2D eigenvalue weighted by atomic mass is 10.0. The van der Waals surface area contributed by atoms with Gasteiger partial charge >= 0.3 is 10.1 Å². The van der Waals surface area contributed by atoms with Gasteiger partial charge in [0.15, 0.2) is 0 Å². The Bertz CT molecular complexity index is 2050. The van der Waals surface area contributed by atoms with Crippen molar-refractivity contribution in [2.75, 3.05) is 7.11 Å². The lowest BCUT2D eigenvalue weighted by molar-refractivity contribution is 0.346. The summed E-state index contributed by atoms with van der Waals surface area (Å²) in [4.78, 5) is 12.3. The van der Waals surface area contributed by atoms with Crippen molar-refractivity contribution in [3.63, 3.8) is 0 Å². The standard InChI is InChI=1S/C29H17ClF5NO5S/c1-14-11-15(16-3-7-19(30)22(13-16)40-2)4-8-20(14)36-21-9-6-18(12-17(21)5-10-23(36)37)42(38,39)41-29-27(34)25(32)24(31)26(33)28(29)35/h3-13H,1-2H3. The molecule has 0 fully saturated rings. The fourth-order valence-corrected chi connectivity index (χ4v) is 5.53. The zero-order chi connectivity index (χ0) is 30.5. The molecule has 0 amide bonds. The van der Waals surface area contributed by atoms with E-state index >= 15 is 0 Å². The lowest BCUT2D eigenvalue weighted by Crippen LogP contribution is -2.19. The SMILES string of the molecule is COc1cc(-c2ccc(-n3c(=O)ccc4cc(S(=O)(=O)Oc5c(F)c(F)c(F)c(F)c5F)ccc43)c(C)c2)ccc1Cl. The van der Waals surface area contributed by atoms with Gasteiger partial charge in [-0.15, -0.1) is 0 Å². The van der Waals surface area contributed by atoms with E-state index in [0.29, 0.717) is 22.0 Å². The van der Waals surface area contributed by atoms with E-state index in [9.17, 15) is 35.2 Å². The summed E-state index contributed by atoms with van der Waals surface area (Å²) < 4.78 is 105. The smallest absolute Gasteiger partial charge is 0.339 e. The van der Waals surface area contributed by atoms with Gasteiger partial charge in [-0.05, 0) is 72.1 Å². The number of methoxy groups -OCH3 is 1. The van der Waals surface area contributed by atoms with E-state index in [2.05, 4.69) is 4.18 Å². The van der Waals surface area contributed by atoms with Crippen LogP contribution in [0.4, 0.5) is 22.0 Å². The minimum atomic E-state index is -5.08. The van der Waals surface area contributed by atoms with Gasteiger partial charge in [0.05, 0.1) is 23.3 Å². The third-order valence-electron chi connectivity index (χ3n) is 6.44. The largest absolute Gasteiger partial charge is 0.495 e. The van der Waals surface area contributed by atoms with E-state index in [1.165, 1.54) is 29.9 Å². The maximum absolute atomic E-state index is 14.1. The Balaban J connectivity index is 1.56. The van der Waals surface area contributed by atoms with E-state index in [1.54, 1.807) is 37.3 Å². The maximum atomic E-state index is 14.1. The van der Waals surface area contributed by atoms with Crippen LogP contribution in [-0.2, 0) is 10.1 Å². The first-order valence-electron chi connectivity index (χ1n) is 11.9. The van der Waals surface area contributed by atoms with E-state index in [0.717, 1.165) is 23.3 Å². The van der Waals surface area contributed by atoms with Crippen LogP contribution in [0.2, 0.25) is 5.02 Å². The highest BCUT2D eigenvalue weighted by molar-refractivity contribution is 7.87. The molecular formula is C29H17ClF5NO5S. The summed E-state index contributed by atoms with van der Waals surface area (Å²) in [6.45, 7) is 1.77. The van der Waals surface area contributed by atoms with Crippen LogP contribution in [0.1, 0.15) is 5.56 Å². The Hall–Kier alpha value is -4.42. The molecule has 216 valence electrons. The first-order chi connectivity index (χ1) is 19.8. The molecule has 0 unspecified atom stereocenters. The Morgan fingerprint density at radius 1 is 0.762 bits per heavy atom. The fourth-order valence-electron chi connectivity index (χ4n) is 4.37. The molecule has 0 bridgehead atoms. The number of fused-ring (bicyclic) bond motifs is 1. The Kier molecular flexibility index (Phi) is 7.46. The number of ether oxygens (including phenoxy) is 1. The fraction of sp³-hybridized carbons (Fsp3) is 0.0690. The van der Waals surface area contributed by atoms with Gasteiger partial charge in [-0.2, -0.15) is 17.2 Å². The normalized spacial score (nSPS) is 11.6. The summed E-state index contributed by atoms with van der Waals surface area (Å²) in [5.41, 5.74) is 2.59. The third-order valence-corrected chi connectivity index (χ3v) is 7.97. The number of nitrogens with zero attached hydrogens (tertiary/aromatic N) is 1. The van der Waals surface area contributed by atoms with Gasteiger partial charge in [-0.3, -0.25) is 9.36 Å². The van der Waals surface area contributed by atoms with Crippen LogP contribution in [0.15, 0.2) is 76.4 Å². The molecule has 42 heavy (non-hydrogen) atoms. The third kappa shape index (κ3) is 4.96. The molecule has 5 rings (SSSR count). The summed E-state index contributed by atoms with van der Waals surface area (Å²) in [6.07, 6.45) is 0. The second-order valence-electron chi connectivity index (χ2n) is 9.01. The number of aromatic nitrogens is 1. The molecule has 0 aliphatic rings. The topological polar surface area (TPSA) is 74.6 Å². The highest BCUT2D eigenvalue weighted by Crippen LogP contribution is 2.34. The minimum Gasteiger partial charge on any atom is -0.495 e. The van der Waals surface area contributed by atoms with Crippen molar-refractivity contribution >= 4 is 32.6 Å². The lowest BCUT2D eigenvalue weighted by Gasteiger charge is -2.15. The van der Waals surface area contributed by atoms with E-state index in [-0.39, 0.29) is 10.9 Å². The van der Waals surface area contributed by atoms with Crippen LogP contribution in [0.5, 0.6) is 11.5 Å². The molecule has 13 heteroatoms. The zero-order valence-electron chi connectivity index (χ0n) is 21.5. The van der Waals surface area contributed by atoms with Gasteiger partial charge in [0.25, 0.3) is 5.56 Å². The van der Waals surface area contributed by atoms with Crippen molar-refractivity contribution in [1.82, 2.24) is 4.57 Å². The van der Waals surface area contributed by atoms with E-state index in [1.807, 2.05) is 6.07 Å². The molecule has 0 radical (unpaired) electrons. The summed E-state index contributed by atoms with van der Waals surface area (Å²) in [5, 5.41) is 0.638. The summed E-state index contributed by atoms with van der Waals surface area (Å²) in [5.74, 6) is -13.6. The van der Waals surface area contributed by atoms with Crippen LogP contribution in [0.25, 0.3) is 27.7 Å². The summed E-state index contributed by atoms with van der Waals surface area (Å²) in [6, 6.07) is 16.3. The molecule has 0 aliphatic heterocycles. The quantitative estimate of drug-likeness (QED) is 0.0876. The molecule has 5 aromatic rings. The molecule has 6 nitrogen and oxygen atoms in total. The van der Waals surface area contributed by atoms with Crippen LogP contribution in [0.3, 0.4) is 0 Å². The first-order valence-corrected chi connectivity index (χ1v) is 13.7. The van der Waals surface area contributed by atoms with Gasteiger partial charge in [0, 0.05) is 11.5 Å². The minimum absolute atomic E-state index is 0.197. The number of rotatable bonds is 6. The number of pyridine rings is 1. The molecule has 4 aromatic carbocycles. The molecule has 1 heterocycles. The van der Waals surface area contributed by atoms with E-state index < -0.39 is 55.4 Å². The Morgan fingerprint density at radius 3 is 2.02 bits per heavy atom. The number of benzene rings is 4. The number of hydrogen-bond donors (Lipinski definition) is 0. The van der Waals surface area contributed by atoms with Crippen LogP contribution in [-0.4, -0.2) is 20.1 Å². The second kappa shape index (κ2) is 10.8. The molecule has 0 spiro atoms. The van der Waals surface area contributed by atoms with Gasteiger partial charge in [0.2, 0.25) is 34.8 Å². The average Bonchev–Trinajstić information content (AvgIpc) is 2.97. The molecule has 0 saturated heterocycles. The highest BCUT2D eigenvalue weighted by Gasteiger charge is 2.31. The van der Waals surface area contributed by atoms with Gasteiger partial charge < -0.3 is 8.92 Å². The molecule has 0 saturated carbocycles. The number of hydrogen-bond acceptors (Lipinski definition) is 5. The van der Waals surface area contributed by atoms with Crippen LogP contribution >= 0.6 is 11.6 Å². The zero-order valence-corrected chi connectivity index (χ0v) is 23.1. The molecule has 0 atom stereocenters. The van der Waals surface area contributed by atoms with E-state index in [4.69, 9.17) is 16.3 Å². The van der Waals surface area contributed by atoms with Crippen LogP contribution < -0.4 is 14.5 Å². The Labute approximate surface area is 240 Å². The highest BCUT2D eigenvalue weighted by atomic mass is 35.5. The summed E-state index contributed by atoms with van der Waals surface area (Å²) in [7, 11) is -3.59. The number of halogens is 6. The summed E-state index contributed by atoms with van der Waals surface area (Å²) >= 11 is 6.12. The van der Waals surface area contributed by atoms with Gasteiger partial charge in [0.1, 0.15) is 10.6 Å². The van der Waals surface area contributed by atoms with Crippen molar-refractivity contribution in [2.24, 2.45) is 0 Å². The molecular weight excluding hydrogens is 605 g/mol.